The number of thioether (sulfide) groups is 1. The summed E-state index contributed by atoms with van der Waals surface area (Å²) in [4.78, 5) is 1.04. The average molecular weight is 213 g/mol. The van der Waals surface area contributed by atoms with Crippen LogP contribution in [0.5, 0.6) is 5.75 Å². The third kappa shape index (κ3) is 3.12. The molecule has 1 aromatic carbocycles. The van der Waals surface area contributed by atoms with Gasteiger partial charge in [0, 0.05) is 23.4 Å². The third-order valence-corrected chi connectivity index (χ3v) is 2.80. The highest BCUT2D eigenvalue weighted by atomic mass is 32.2. The van der Waals surface area contributed by atoms with Crippen molar-refractivity contribution in [3.63, 3.8) is 0 Å². The lowest BCUT2D eigenvalue weighted by molar-refractivity contribution is 0.218. The van der Waals surface area contributed by atoms with Crippen LogP contribution in [0.15, 0.2) is 23.1 Å². The lowest BCUT2D eigenvalue weighted by Crippen LogP contribution is -1.94. The first kappa shape index (κ1) is 11.2. The van der Waals surface area contributed by atoms with E-state index in [1.165, 1.54) is 0 Å². The van der Waals surface area contributed by atoms with Crippen LogP contribution in [0.25, 0.3) is 0 Å². The number of hydrogen-bond donors (Lipinski definition) is 1. The Kier molecular flexibility index (Phi) is 4.62. The van der Waals surface area contributed by atoms with Gasteiger partial charge in [-0.05, 0) is 18.2 Å². The minimum Gasteiger partial charge on any atom is -0.497 e. The summed E-state index contributed by atoms with van der Waals surface area (Å²) in [5.74, 6) is 1.73. The fraction of sp³-hybridized carbons (Fsp3) is 0.400. The first-order valence-corrected chi connectivity index (χ1v) is 5.31. The van der Waals surface area contributed by atoms with E-state index in [0.717, 1.165) is 28.7 Å². The van der Waals surface area contributed by atoms with E-state index in [4.69, 9.17) is 15.2 Å². The molecule has 0 fully saturated rings. The van der Waals surface area contributed by atoms with Gasteiger partial charge in [0.1, 0.15) is 5.75 Å². The van der Waals surface area contributed by atoms with Crippen molar-refractivity contribution in [1.29, 1.82) is 0 Å². The molecule has 0 aliphatic rings. The molecule has 0 aromatic heterocycles. The van der Waals surface area contributed by atoms with Crippen molar-refractivity contribution >= 4 is 17.4 Å². The Hall–Kier alpha value is -0.870. The van der Waals surface area contributed by atoms with Crippen LogP contribution in [0.4, 0.5) is 5.69 Å². The van der Waals surface area contributed by atoms with Gasteiger partial charge < -0.3 is 15.2 Å². The molecule has 3 nitrogen and oxygen atoms in total. The molecular weight excluding hydrogens is 198 g/mol. The number of ether oxygens (including phenoxy) is 2. The molecule has 0 radical (unpaired) electrons. The van der Waals surface area contributed by atoms with Crippen LogP contribution in [0, 0.1) is 0 Å². The van der Waals surface area contributed by atoms with Crippen molar-refractivity contribution in [3.05, 3.63) is 18.2 Å². The van der Waals surface area contributed by atoms with Crippen LogP contribution in [-0.4, -0.2) is 26.6 Å². The smallest absolute Gasteiger partial charge is 0.120 e. The topological polar surface area (TPSA) is 44.5 Å². The molecule has 4 heteroatoms. The number of hydrogen-bond acceptors (Lipinski definition) is 4. The molecule has 1 rings (SSSR count). The first-order chi connectivity index (χ1) is 6.77. The fourth-order valence-corrected chi connectivity index (χ4v) is 1.91. The van der Waals surface area contributed by atoms with Gasteiger partial charge in [0.25, 0.3) is 0 Å². The molecule has 1 aromatic rings. The zero-order valence-corrected chi connectivity index (χ0v) is 9.26. The second-order valence-electron chi connectivity index (χ2n) is 2.75. The van der Waals surface area contributed by atoms with Gasteiger partial charge in [0.05, 0.1) is 13.7 Å². The summed E-state index contributed by atoms with van der Waals surface area (Å²) in [6, 6.07) is 5.65. The molecule has 0 unspecified atom stereocenters. The maximum atomic E-state index is 5.81. The Morgan fingerprint density at radius 1 is 1.36 bits per heavy atom. The minimum absolute atomic E-state index is 0.724. The Labute approximate surface area is 88.6 Å². The quantitative estimate of drug-likeness (QED) is 0.461. The Bertz CT molecular complexity index is 291. The summed E-state index contributed by atoms with van der Waals surface area (Å²) < 4.78 is 10.1. The summed E-state index contributed by atoms with van der Waals surface area (Å²) in [6.45, 7) is 0.724. The summed E-state index contributed by atoms with van der Waals surface area (Å²) in [5.41, 5.74) is 6.59. The maximum Gasteiger partial charge on any atom is 0.120 e. The van der Waals surface area contributed by atoms with Crippen LogP contribution in [0.2, 0.25) is 0 Å². The molecule has 78 valence electrons. The molecule has 14 heavy (non-hydrogen) atoms. The second-order valence-corrected chi connectivity index (χ2v) is 3.88. The van der Waals surface area contributed by atoms with E-state index in [1.54, 1.807) is 26.0 Å². The summed E-state index contributed by atoms with van der Waals surface area (Å²) in [6.07, 6.45) is 0. The largest absolute Gasteiger partial charge is 0.497 e. The van der Waals surface area contributed by atoms with Crippen molar-refractivity contribution in [1.82, 2.24) is 0 Å². The maximum absolute atomic E-state index is 5.81. The van der Waals surface area contributed by atoms with Crippen LogP contribution in [0.1, 0.15) is 0 Å². The van der Waals surface area contributed by atoms with Gasteiger partial charge in [-0.1, -0.05) is 0 Å². The van der Waals surface area contributed by atoms with E-state index in [9.17, 15) is 0 Å². The van der Waals surface area contributed by atoms with Crippen LogP contribution < -0.4 is 10.5 Å². The summed E-state index contributed by atoms with van der Waals surface area (Å²) in [7, 11) is 3.34. The van der Waals surface area contributed by atoms with E-state index < -0.39 is 0 Å². The highest BCUT2D eigenvalue weighted by molar-refractivity contribution is 7.99. The average Bonchev–Trinajstić information content (AvgIpc) is 2.21. The minimum atomic E-state index is 0.724. The van der Waals surface area contributed by atoms with Gasteiger partial charge in [-0.2, -0.15) is 0 Å². The van der Waals surface area contributed by atoms with Crippen LogP contribution in [0.3, 0.4) is 0 Å². The lowest BCUT2D eigenvalue weighted by Gasteiger charge is -2.07. The Morgan fingerprint density at radius 2 is 2.14 bits per heavy atom. The van der Waals surface area contributed by atoms with Crippen molar-refractivity contribution in [2.75, 3.05) is 32.3 Å². The van der Waals surface area contributed by atoms with E-state index in [0.29, 0.717) is 0 Å². The van der Waals surface area contributed by atoms with Crippen molar-refractivity contribution in [2.45, 2.75) is 4.90 Å². The molecule has 0 saturated heterocycles. The summed E-state index contributed by atoms with van der Waals surface area (Å²) >= 11 is 1.67. The molecule has 0 aliphatic heterocycles. The second kappa shape index (κ2) is 5.78. The van der Waals surface area contributed by atoms with Gasteiger partial charge in [-0.15, -0.1) is 11.8 Å². The predicted octanol–water partition coefficient (Wildman–Crippen LogP) is 2.02. The Morgan fingerprint density at radius 3 is 2.79 bits per heavy atom. The molecule has 0 saturated carbocycles. The monoisotopic (exact) mass is 213 g/mol. The molecule has 2 N–H and O–H groups in total. The normalized spacial score (nSPS) is 10.1. The van der Waals surface area contributed by atoms with E-state index in [-0.39, 0.29) is 0 Å². The Balaban J connectivity index is 2.64. The molecule has 0 amide bonds. The highest BCUT2D eigenvalue weighted by Gasteiger charge is 2.01. The van der Waals surface area contributed by atoms with Gasteiger partial charge in [0.15, 0.2) is 0 Å². The number of anilines is 1. The van der Waals surface area contributed by atoms with Gasteiger partial charge >= 0.3 is 0 Å². The molecule has 0 spiro atoms. The third-order valence-electron chi connectivity index (χ3n) is 1.77. The standard InChI is InChI=1S/C10H15NO2S/c1-12-5-6-14-10-7-8(13-2)3-4-9(10)11/h3-4,7H,5-6,11H2,1-2H3. The lowest BCUT2D eigenvalue weighted by atomic mass is 10.3. The number of nitrogen functional groups attached to an aromatic ring is 1. The van der Waals surface area contributed by atoms with Crippen molar-refractivity contribution < 1.29 is 9.47 Å². The SMILES string of the molecule is COCCSc1cc(OC)ccc1N. The summed E-state index contributed by atoms with van der Waals surface area (Å²) in [5, 5.41) is 0. The van der Waals surface area contributed by atoms with E-state index in [2.05, 4.69) is 0 Å². The number of methoxy groups -OCH3 is 2. The van der Waals surface area contributed by atoms with E-state index in [1.807, 2.05) is 18.2 Å². The van der Waals surface area contributed by atoms with Crippen LogP contribution in [-0.2, 0) is 4.74 Å². The highest BCUT2D eigenvalue weighted by Crippen LogP contribution is 2.28. The molecule has 0 atom stereocenters. The zero-order chi connectivity index (χ0) is 10.4. The number of benzene rings is 1. The van der Waals surface area contributed by atoms with Crippen molar-refractivity contribution in [2.24, 2.45) is 0 Å². The van der Waals surface area contributed by atoms with Crippen molar-refractivity contribution in [3.8, 4) is 5.75 Å². The first-order valence-electron chi connectivity index (χ1n) is 4.33. The zero-order valence-electron chi connectivity index (χ0n) is 8.45. The molecule has 0 bridgehead atoms. The van der Waals surface area contributed by atoms with Crippen LogP contribution >= 0.6 is 11.8 Å². The van der Waals surface area contributed by atoms with Gasteiger partial charge in [-0.3, -0.25) is 0 Å². The predicted molar refractivity (Wildman–Crippen MR) is 60.0 cm³/mol. The van der Waals surface area contributed by atoms with Gasteiger partial charge in [-0.25, -0.2) is 0 Å². The number of nitrogens with two attached hydrogens (primary N) is 1. The van der Waals surface area contributed by atoms with Gasteiger partial charge in [0.2, 0.25) is 0 Å². The molecule has 0 aliphatic carbocycles. The number of rotatable bonds is 5. The molecular formula is C10H15NO2S. The van der Waals surface area contributed by atoms with E-state index >= 15 is 0 Å². The fourth-order valence-electron chi connectivity index (χ4n) is 1.00. The molecule has 0 heterocycles.